The molecule has 0 saturated heterocycles. The number of phenols is 1. The molecule has 0 aliphatic carbocycles. The highest BCUT2D eigenvalue weighted by Gasteiger charge is 2.15. The summed E-state index contributed by atoms with van der Waals surface area (Å²) in [4.78, 5) is 13.4. The molecule has 26 heavy (non-hydrogen) atoms. The van der Waals surface area contributed by atoms with Crippen molar-refractivity contribution in [3.8, 4) is 28.3 Å². The summed E-state index contributed by atoms with van der Waals surface area (Å²) >= 11 is 0. The number of hydrogen-bond donors (Lipinski definition) is 1. The molecule has 1 N–H and O–H groups in total. The van der Waals surface area contributed by atoms with Crippen molar-refractivity contribution in [1.29, 1.82) is 0 Å². The van der Waals surface area contributed by atoms with Crippen molar-refractivity contribution >= 4 is 0 Å². The van der Waals surface area contributed by atoms with E-state index in [0.29, 0.717) is 6.54 Å². The Labute approximate surface area is 151 Å². The number of nitrogens with zero attached hydrogens (tertiary/aromatic N) is 4. The summed E-state index contributed by atoms with van der Waals surface area (Å²) in [5.41, 5.74) is 5.68. The Morgan fingerprint density at radius 1 is 0.846 bits per heavy atom. The van der Waals surface area contributed by atoms with Gasteiger partial charge in [-0.1, -0.05) is 30.3 Å². The molecule has 0 fully saturated rings. The summed E-state index contributed by atoms with van der Waals surface area (Å²) in [6, 6.07) is 17.3. The van der Waals surface area contributed by atoms with Gasteiger partial charge in [-0.2, -0.15) is 0 Å². The molecule has 0 amide bonds. The Bertz CT molecular complexity index is 1010. The van der Waals surface area contributed by atoms with Crippen LogP contribution >= 0.6 is 0 Å². The number of benzene rings is 2. The van der Waals surface area contributed by atoms with Crippen LogP contribution in [0.3, 0.4) is 0 Å². The maximum Gasteiger partial charge on any atom is 0.115 e. The van der Waals surface area contributed by atoms with Gasteiger partial charge in [0.1, 0.15) is 5.75 Å². The zero-order valence-corrected chi connectivity index (χ0v) is 14.4. The molecule has 4 aromatic rings. The predicted molar refractivity (Wildman–Crippen MR) is 101 cm³/mol. The second-order valence-electron chi connectivity index (χ2n) is 6.13. The van der Waals surface area contributed by atoms with Crippen molar-refractivity contribution < 1.29 is 5.11 Å². The van der Waals surface area contributed by atoms with Crippen LogP contribution in [0.5, 0.6) is 5.75 Å². The molecule has 0 radical (unpaired) electrons. The van der Waals surface area contributed by atoms with Crippen molar-refractivity contribution in [2.45, 2.75) is 13.5 Å². The zero-order valence-electron chi connectivity index (χ0n) is 14.4. The fourth-order valence-corrected chi connectivity index (χ4v) is 2.91. The van der Waals surface area contributed by atoms with E-state index in [4.69, 9.17) is 0 Å². The number of imidazole rings is 1. The molecule has 0 aliphatic rings. The van der Waals surface area contributed by atoms with Gasteiger partial charge < -0.3 is 9.67 Å². The van der Waals surface area contributed by atoms with Crippen LogP contribution in [0.2, 0.25) is 0 Å². The van der Waals surface area contributed by atoms with E-state index in [2.05, 4.69) is 19.5 Å². The standard InChI is InChI=1S/C21H18N4O/c1-15-11-23-18(12-22-15)13-25-14-24-20(16-5-3-2-4-6-16)21(25)17-7-9-19(26)10-8-17/h2-12,14,26H,13H2,1H3. The molecule has 0 spiro atoms. The lowest BCUT2D eigenvalue weighted by atomic mass is 10.0. The molecule has 0 aliphatic heterocycles. The molecule has 0 saturated carbocycles. The van der Waals surface area contributed by atoms with Gasteiger partial charge in [0.05, 0.1) is 41.8 Å². The summed E-state index contributed by atoms with van der Waals surface area (Å²) in [5.74, 6) is 0.241. The Balaban J connectivity index is 1.82. The molecule has 2 heterocycles. The van der Waals surface area contributed by atoms with E-state index in [1.165, 1.54) is 0 Å². The highest BCUT2D eigenvalue weighted by atomic mass is 16.3. The van der Waals surface area contributed by atoms with Crippen LogP contribution in [-0.4, -0.2) is 24.6 Å². The minimum atomic E-state index is 0.241. The zero-order chi connectivity index (χ0) is 17.9. The maximum absolute atomic E-state index is 9.63. The van der Waals surface area contributed by atoms with Crippen LogP contribution in [0.25, 0.3) is 22.5 Å². The minimum absolute atomic E-state index is 0.241. The van der Waals surface area contributed by atoms with Gasteiger partial charge in [-0.3, -0.25) is 9.97 Å². The van der Waals surface area contributed by atoms with Crippen molar-refractivity contribution in [1.82, 2.24) is 19.5 Å². The van der Waals surface area contributed by atoms with E-state index in [9.17, 15) is 5.11 Å². The monoisotopic (exact) mass is 342 g/mol. The van der Waals surface area contributed by atoms with Gasteiger partial charge >= 0.3 is 0 Å². The van der Waals surface area contributed by atoms with Gasteiger partial charge in [0, 0.05) is 17.3 Å². The SMILES string of the molecule is Cc1cnc(Cn2cnc(-c3ccccc3)c2-c2ccc(O)cc2)cn1. The molecule has 0 bridgehead atoms. The topological polar surface area (TPSA) is 63.8 Å². The van der Waals surface area contributed by atoms with E-state index < -0.39 is 0 Å². The highest BCUT2D eigenvalue weighted by Crippen LogP contribution is 2.32. The Hall–Kier alpha value is -3.47. The molecule has 0 unspecified atom stereocenters. The third-order valence-electron chi connectivity index (χ3n) is 4.19. The Morgan fingerprint density at radius 2 is 1.62 bits per heavy atom. The Kier molecular flexibility index (Phi) is 4.19. The summed E-state index contributed by atoms with van der Waals surface area (Å²) in [6.45, 7) is 2.49. The first-order chi connectivity index (χ1) is 12.7. The van der Waals surface area contributed by atoms with E-state index in [0.717, 1.165) is 33.9 Å². The second kappa shape index (κ2) is 6.80. The van der Waals surface area contributed by atoms with Gasteiger partial charge in [0.25, 0.3) is 0 Å². The third kappa shape index (κ3) is 3.19. The molecule has 128 valence electrons. The lowest BCUT2D eigenvalue weighted by molar-refractivity contribution is 0.475. The summed E-state index contributed by atoms with van der Waals surface area (Å²) in [6.07, 6.45) is 5.38. The largest absolute Gasteiger partial charge is 0.508 e. The van der Waals surface area contributed by atoms with Crippen LogP contribution in [0.15, 0.2) is 73.3 Å². The average molecular weight is 342 g/mol. The molecular weight excluding hydrogens is 324 g/mol. The van der Waals surface area contributed by atoms with Gasteiger partial charge in [-0.15, -0.1) is 0 Å². The fraction of sp³-hybridized carbons (Fsp3) is 0.0952. The smallest absolute Gasteiger partial charge is 0.115 e. The van der Waals surface area contributed by atoms with Crippen LogP contribution in [0.4, 0.5) is 0 Å². The molecular formula is C21H18N4O. The number of hydrogen-bond acceptors (Lipinski definition) is 4. The quantitative estimate of drug-likeness (QED) is 0.607. The van der Waals surface area contributed by atoms with Crippen molar-refractivity contribution in [2.75, 3.05) is 0 Å². The molecule has 5 heteroatoms. The van der Waals surface area contributed by atoms with Gasteiger partial charge in [-0.25, -0.2) is 4.98 Å². The first-order valence-electron chi connectivity index (χ1n) is 8.38. The summed E-state index contributed by atoms with van der Waals surface area (Å²) in [5, 5.41) is 9.63. The van der Waals surface area contributed by atoms with E-state index in [-0.39, 0.29) is 5.75 Å². The normalized spacial score (nSPS) is 10.8. The number of aromatic nitrogens is 4. The lowest BCUT2D eigenvalue weighted by Gasteiger charge is -2.11. The molecule has 0 atom stereocenters. The molecule has 5 nitrogen and oxygen atoms in total. The predicted octanol–water partition coefficient (Wildman–Crippen LogP) is 4.07. The number of aromatic hydroxyl groups is 1. The summed E-state index contributed by atoms with van der Waals surface area (Å²) in [7, 11) is 0. The first kappa shape index (κ1) is 16.0. The molecule has 4 rings (SSSR count). The van der Waals surface area contributed by atoms with E-state index >= 15 is 0 Å². The van der Waals surface area contributed by atoms with E-state index in [1.807, 2.05) is 55.7 Å². The van der Waals surface area contributed by atoms with Crippen LogP contribution in [0, 0.1) is 6.92 Å². The van der Waals surface area contributed by atoms with Gasteiger partial charge in [-0.05, 0) is 31.2 Å². The van der Waals surface area contributed by atoms with Crippen molar-refractivity contribution in [3.05, 3.63) is 84.7 Å². The van der Waals surface area contributed by atoms with Crippen molar-refractivity contribution in [2.24, 2.45) is 0 Å². The highest BCUT2D eigenvalue weighted by molar-refractivity contribution is 5.78. The minimum Gasteiger partial charge on any atom is -0.508 e. The molecule has 2 aromatic heterocycles. The van der Waals surface area contributed by atoms with Crippen LogP contribution in [0.1, 0.15) is 11.4 Å². The van der Waals surface area contributed by atoms with Gasteiger partial charge in [0.15, 0.2) is 0 Å². The Morgan fingerprint density at radius 3 is 2.31 bits per heavy atom. The maximum atomic E-state index is 9.63. The third-order valence-corrected chi connectivity index (χ3v) is 4.19. The fourth-order valence-electron chi connectivity index (χ4n) is 2.91. The second-order valence-corrected chi connectivity index (χ2v) is 6.13. The number of aryl methyl sites for hydroxylation is 1. The van der Waals surface area contributed by atoms with Crippen LogP contribution in [-0.2, 0) is 6.54 Å². The van der Waals surface area contributed by atoms with Gasteiger partial charge in [0.2, 0.25) is 0 Å². The first-order valence-corrected chi connectivity index (χ1v) is 8.38. The number of rotatable bonds is 4. The summed E-state index contributed by atoms with van der Waals surface area (Å²) < 4.78 is 2.06. The van der Waals surface area contributed by atoms with Crippen LogP contribution < -0.4 is 0 Å². The molecule has 2 aromatic carbocycles. The lowest BCUT2D eigenvalue weighted by Crippen LogP contribution is -2.03. The van der Waals surface area contributed by atoms with Crippen molar-refractivity contribution in [3.63, 3.8) is 0 Å². The average Bonchev–Trinajstić information content (AvgIpc) is 3.08. The number of phenolic OH excluding ortho intramolecular Hbond substituents is 1. The van der Waals surface area contributed by atoms with E-state index in [1.54, 1.807) is 24.5 Å².